The van der Waals surface area contributed by atoms with Crippen LogP contribution in [0.4, 0.5) is 0 Å². The molecule has 132 valence electrons. The van der Waals surface area contributed by atoms with Crippen molar-refractivity contribution in [2.75, 3.05) is 26.2 Å². The van der Waals surface area contributed by atoms with E-state index in [0.29, 0.717) is 0 Å². The summed E-state index contributed by atoms with van der Waals surface area (Å²) >= 11 is 0. The summed E-state index contributed by atoms with van der Waals surface area (Å²) in [4.78, 5) is 1.61. The highest BCUT2D eigenvalue weighted by molar-refractivity contribution is 5.85. The predicted molar refractivity (Wildman–Crippen MR) is 106 cm³/mol. The van der Waals surface area contributed by atoms with E-state index in [1.165, 1.54) is 16.3 Å². The van der Waals surface area contributed by atoms with Gasteiger partial charge in [0, 0.05) is 5.56 Å². The van der Waals surface area contributed by atoms with E-state index in [1.54, 1.807) is 17.0 Å². The second kappa shape index (κ2) is 7.58. The molecule has 1 aliphatic heterocycles. The zero-order valence-corrected chi connectivity index (χ0v) is 14.8. The minimum absolute atomic E-state index is 0.285. The van der Waals surface area contributed by atoms with Gasteiger partial charge in [-0.1, -0.05) is 42.5 Å². The van der Waals surface area contributed by atoms with Crippen LogP contribution in [0.25, 0.3) is 10.8 Å². The van der Waals surface area contributed by atoms with Crippen LogP contribution in [0.3, 0.4) is 0 Å². The first-order valence-electron chi connectivity index (χ1n) is 9.16. The van der Waals surface area contributed by atoms with E-state index in [0.717, 1.165) is 38.3 Å². The molecule has 3 aromatic carbocycles. The molecule has 0 aromatic heterocycles. The maximum absolute atomic E-state index is 9.33. The van der Waals surface area contributed by atoms with Gasteiger partial charge in [0.05, 0.1) is 32.4 Å². The molecule has 2 N–H and O–H groups in total. The van der Waals surface area contributed by atoms with Gasteiger partial charge in [0.2, 0.25) is 0 Å². The summed E-state index contributed by atoms with van der Waals surface area (Å²) in [6.45, 7) is 5.19. The molecule has 0 aliphatic carbocycles. The average molecular weight is 346 g/mol. The van der Waals surface area contributed by atoms with E-state index in [2.05, 4.69) is 52.6 Å². The van der Waals surface area contributed by atoms with Crippen LogP contribution in [-0.4, -0.2) is 42.5 Å². The van der Waals surface area contributed by atoms with E-state index in [-0.39, 0.29) is 5.75 Å². The summed E-state index contributed by atoms with van der Waals surface area (Å²) in [5.74, 6) is 0.285. The van der Waals surface area contributed by atoms with Crippen molar-refractivity contribution < 1.29 is 10.0 Å². The zero-order chi connectivity index (χ0) is 17.8. The van der Waals surface area contributed by atoms with E-state index >= 15 is 0 Å². The summed E-state index contributed by atoms with van der Waals surface area (Å²) in [5, 5.41) is 18.7. The lowest BCUT2D eigenvalue weighted by Crippen LogP contribution is -3.13. The monoisotopic (exact) mass is 346 g/mol. The number of phenols is 1. The van der Waals surface area contributed by atoms with Crippen molar-refractivity contribution >= 4 is 17.0 Å². The number of aromatic hydroxyl groups is 1. The minimum atomic E-state index is 0.285. The fourth-order valence-corrected chi connectivity index (χ4v) is 3.53. The summed E-state index contributed by atoms with van der Waals surface area (Å²) in [7, 11) is 0. The van der Waals surface area contributed by atoms with Crippen LogP contribution in [0.5, 0.6) is 5.75 Å². The van der Waals surface area contributed by atoms with E-state index in [4.69, 9.17) is 0 Å². The molecule has 26 heavy (non-hydrogen) atoms. The van der Waals surface area contributed by atoms with Crippen LogP contribution in [0.15, 0.2) is 71.8 Å². The van der Waals surface area contributed by atoms with Crippen LogP contribution < -0.4 is 4.90 Å². The lowest BCUT2D eigenvalue weighted by Gasteiger charge is -2.30. The Morgan fingerprint density at radius 3 is 2.46 bits per heavy atom. The molecule has 0 unspecified atom stereocenters. The molecule has 1 heterocycles. The zero-order valence-electron chi connectivity index (χ0n) is 14.8. The number of hydrogen-bond donors (Lipinski definition) is 2. The Labute approximate surface area is 154 Å². The van der Waals surface area contributed by atoms with Crippen LogP contribution >= 0.6 is 0 Å². The second-order valence-corrected chi connectivity index (χ2v) is 6.85. The lowest BCUT2D eigenvalue weighted by atomic mass is 10.0. The maximum atomic E-state index is 9.33. The smallest absolute Gasteiger partial charge is 0.115 e. The van der Waals surface area contributed by atoms with Crippen LogP contribution in [-0.2, 0) is 6.54 Å². The molecule has 0 bridgehead atoms. The fraction of sp³-hybridized carbons (Fsp3) is 0.227. The van der Waals surface area contributed by atoms with E-state index in [1.807, 2.05) is 18.3 Å². The number of nitrogens with one attached hydrogen (secondary N) is 1. The van der Waals surface area contributed by atoms with Gasteiger partial charge in [-0.2, -0.15) is 5.10 Å². The molecule has 1 aliphatic rings. The molecule has 4 heteroatoms. The Balaban J connectivity index is 1.35. The van der Waals surface area contributed by atoms with Gasteiger partial charge in [-0.15, -0.1) is 0 Å². The van der Waals surface area contributed by atoms with Crippen molar-refractivity contribution in [2.24, 2.45) is 5.10 Å². The fourth-order valence-electron chi connectivity index (χ4n) is 3.53. The molecular formula is C22H24N3O+. The summed E-state index contributed by atoms with van der Waals surface area (Å²) in [6.07, 6.45) is 1.87. The third kappa shape index (κ3) is 3.86. The molecular weight excluding hydrogens is 322 g/mol. The molecule has 0 saturated carbocycles. The van der Waals surface area contributed by atoms with Gasteiger partial charge < -0.3 is 10.0 Å². The number of hydrogen-bond acceptors (Lipinski definition) is 3. The van der Waals surface area contributed by atoms with Crippen molar-refractivity contribution in [2.45, 2.75) is 6.54 Å². The number of benzene rings is 3. The standard InChI is InChI=1S/C22H23N3O/c26-21-10-8-18(9-11-21)16-23-25-14-12-24(13-15-25)17-20-6-3-5-19-4-1-2-7-22(19)20/h1-11,16,26H,12-15,17H2/p+1. The van der Waals surface area contributed by atoms with Gasteiger partial charge in [0.25, 0.3) is 0 Å². The van der Waals surface area contributed by atoms with Gasteiger partial charge in [0.1, 0.15) is 12.3 Å². The number of rotatable bonds is 4. The minimum Gasteiger partial charge on any atom is -0.508 e. The molecule has 0 spiro atoms. The van der Waals surface area contributed by atoms with Crippen molar-refractivity contribution in [3.63, 3.8) is 0 Å². The van der Waals surface area contributed by atoms with E-state index < -0.39 is 0 Å². The van der Waals surface area contributed by atoms with Crippen molar-refractivity contribution in [3.05, 3.63) is 77.9 Å². The number of phenolic OH excluding ortho intramolecular Hbond substituents is 1. The third-order valence-corrected chi connectivity index (χ3v) is 5.03. The topological polar surface area (TPSA) is 40.3 Å². The highest BCUT2D eigenvalue weighted by Crippen LogP contribution is 2.17. The average Bonchev–Trinajstić information content (AvgIpc) is 2.69. The Morgan fingerprint density at radius 1 is 0.923 bits per heavy atom. The number of quaternary nitrogens is 1. The summed E-state index contributed by atoms with van der Waals surface area (Å²) in [6, 6.07) is 22.4. The molecule has 4 nitrogen and oxygen atoms in total. The van der Waals surface area contributed by atoms with Crippen LogP contribution in [0.1, 0.15) is 11.1 Å². The number of nitrogens with zero attached hydrogens (tertiary/aromatic N) is 2. The number of piperazine rings is 1. The molecule has 0 atom stereocenters. The van der Waals surface area contributed by atoms with Crippen LogP contribution in [0.2, 0.25) is 0 Å². The highest BCUT2D eigenvalue weighted by Gasteiger charge is 2.19. The molecule has 0 amide bonds. The third-order valence-electron chi connectivity index (χ3n) is 5.03. The van der Waals surface area contributed by atoms with Gasteiger partial charge in [0.15, 0.2) is 0 Å². The Bertz CT molecular complexity index is 891. The van der Waals surface area contributed by atoms with Gasteiger partial charge >= 0.3 is 0 Å². The Hall–Kier alpha value is -2.85. The molecule has 3 aromatic rings. The first-order chi connectivity index (χ1) is 12.8. The van der Waals surface area contributed by atoms with Crippen molar-refractivity contribution in [1.82, 2.24) is 5.01 Å². The molecule has 1 saturated heterocycles. The SMILES string of the molecule is Oc1ccc(C=NN2CC[NH+](Cc3cccc4ccccc34)CC2)cc1. The predicted octanol–water partition coefficient (Wildman–Crippen LogP) is 2.28. The quantitative estimate of drug-likeness (QED) is 0.712. The molecule has 1 fully saturated rings. The van der Waals surface area contributed by atoms with Gasteiger partial charge in [-0.05, 0) is 40.6 Å². The highest BCUT2D eigenvalue weighted by atomic mass is 16.3. The largest absolute Gasteiger partial charge is 0.508 e. The first-order valence-corrected chi connectivity index (χ1v) is 9.16. The van der Waals surface area contributed by atoms with Crippen molar-refractivity contribution in [1.29, 1.82) is 0 Å². The van der Waals surface area contributed by atoms with Crippen molar-refractivity contribution in [3.8, 4) is 5.75 Å². The first kappa shape index (κ1) is 16.6. The Morgan fingerprint density at radius 2 is 1.65 bits per heavy atom. The second-order valence-electron chi connectivity index (χ2n) is 6.85. The molecule has 0 radical (unpaired) electrons. The summed E-state index contributed by atoms with van der Waals surface area (Å²) in [5.41, 5.74) is 2.44. The van der Waals surface area contributed by atoms with Crippen LogP contribution in [0, 0.1) is 0 Å². The van der Waals surface area contributed by atoms with E-state index in [9.17, 15) is 5.11 Å². The van der Waals surface area contributed by atoms with Gasteiger partial charge in [-0.25, -0.2) is 0 Å². The summed E-state index contributed by atoms with van der Waals surface area (Å²) < 4.78 is 0. The molecule has 4 rings (SSSR count). The number of fused-ring (bicyclic) bond motifs is 1. The maximum Gasteiger partial charge on any atom is 0.115 e. The number of hydrazone groups is 1. The van der Waals surface area contributed by atoms with Gasteiger partial charge in [-0.3, -0.25) is 5.01 Å². The Kier molecular flexibility index (Phi) is 4.84. The lowest BCUT2D eigenvalue weighted by molar-refractivity contribution is -0.918. The normalized spacial score (nSPS) is 15.8.